The summed E-state index contributed by atoms with van der Waals surface area (Å²) in [5, 5.41) is 4.18. The fourth-order valence-electron chi connectivity index (χ4n) is 2.47. The molecular formula is C14H21ClN2O. The van der Waals surface area contributed by atoms with Crippen LogP contribution in [0.1, 0.15) is 18.4 Å². The van der Waals surface area contributed by atoms with Crippen molar-refractivity contribution in [3.05, 3.63) is 28.8 Å². The number of nitrogens with zero attached hydrogens (tertiary/aromatic N) is 1. The molecule has 1 aliphatic rings. The Balaban J connectivity index is 2.04. The van der Waals surface area contributed by atoms with Crippen molar-refractivity contribution < 1.29 is 4.74 Å². The van der Waals surface area contributed by atoms with E-state index in [0.717, 1.165) is 36.0 Å². The highest BCUT2D eigenvalue weighted by molar-refractivity contribution is 6.31. The summed E-state index contributed by atoms with van der Waals surface area (Å²) in [6.45, 7) is 3.13. The van der Waals surface area contributed by atoms with Crippen LogP contribution in [0.2, 0.25) is 5.02 Å². The van der Waals surface area contributed by atoms with E-state index in [1.165, 1.54) is 12.8 Å². The lowest BCUT2D eigenvalue weighted by Gasteiger charge is -2.32. The molecule has 0 aliphatic carbocycles. The Morgan fingerprint density at radius 3 is 3.06 bits per heavy atom. The minimum absolute atomic E-state index is 0.600. The number of hydrogen-bond donors (Lipinski definition) is 1. The predicted octanol–water partition coefficient (Wildman–Crippen LogP) is 2.53. The second kappa shape index (κ2) is 6.41. The lowest BCUT2D eigenvalue weighted by molar-refractivity contribution is 0.188. The molecule has 100 valence electrons. The summed E-state index contributed by atoms with van der Waals surface area (Å²) in [6, 6.07) is 6.45. The van der Waals surface area contributed by atoms with Crippen LogP contribution < -0.4 is 10.1 Å². The number of hydrogen-bond acceptors (Lipinski definition) is 3. The summed E-state index contributed by atoms with van der Waals surface area (Å²) in [7, 11) is 3.72. The Hall–Kier alpha value is -0.770. The first kappa shape index (κ1) is 13.7. The summed E-state index contributed by atoms with van der Waals surface area (Å²) in [5.74, 6) is 0.872. The molecule has 4 heteroatoms. The molecule has 2 rings (SSSR count). The average molecular weight is 269 g/mol. The second-order valence-corrected chi connectivity index (χ2v) is 5.23. The van der Waals surface area contributed by atoms with E-state index >= 15 is 0 Å². The minimum Gasteiger partial charge on any atom is -0.497 e. The topological polar surface area (TPSA) is 24.5 Å². The Bertz CT molecular complexity index is 397. The number of nitrogens with one attached hydrogen (secondary N) is 1. The van der Waals surface area contributed by atoms with Gasteiger partial charge in [0.25, 0.3) is 0 Å². The molecule has 0 radical (unpaired) electrons. The van der Waals surface area contributed by atoms with Crippen LogP contribution in [0, 0.1) is 0 Å². The number of piperidine rings is 1. The average Bonchev–Trinajstić information content (AvgIpc) is 2.41. The number of methoxy groups -OCH3 is 1. The van der Waals surface area contributed by atoms with Gasteiger partial charge in [-0.05, 0) is 50.2 Å². The summed E-state index contributed by atoms with van der Waals surface area (Å²) >= 11 is 6.24. The summed E-state index contributed by atoms with van der Waals surface area (Å²) in [4.78, 5) is 2.45. The van der Waals surface area contributed by atoms with Crippen molar-refractivity contribution in [2.45, 2.75) is 25.4 Å². The Morgan fingerprint density at radius 2 is 2.33 bits per heavy atom. The maximum Gasteiger partial charge on any atom is 0.119 e. The first-order valence-electron chi connectivity index (χ1n) is 6.45. The van der Waals surface area contributed by atoms with Crippen molar-refractivity contribution >= 4 is 11.6 Å². The molecule has 0 bridgehead atoms. The normalized spacial score (nSPS) is 20.9. The van der Waals surface area contributed by atoms with Crippen LogP contribution in [0.5, 0.6) is 5.75 Å². The Kier molecular flexibility index (Phi) is 4.87. The molecule has 18 heavy (non-hydrogen) atoms. The van der Waals surface area contributed by atoms with Gasteiger partial charge in [0.05, 0.1) is 7.11 Å². The largest absolute Gasteiger partial charge is 0.497 e. The maximum atomic E-state index is 6.24. The molecule has 1 unspecified atom stereocenters. The third kappa shape index (κ3) is 3.37. The van der Waals surface area contributed by atoms with Gasteiger partial charge >= 0.3 is 0 Å². The zero-order chi connectivity index (χ0) is 13.0. The van der Waals surface area contributed by atoms with Crippen LogP contribution >= 0.6 is 11.6 Å². The number of halogens is 1. The SMILES string of the molecule is CNC1CCCN(Cc2cc(OC)ccc2Cl)C1. The van der Waals surface area contributed by atoms with Crippen molar-refractivity contribution in [3.63, 3.8) is 0 Å². The van der Waals surface area contributed by atoms with Crippen LogP contribution in [0.15, 0.2) is 18.2 Å². The van der Waals surface area contributed by atoms with Crippen LogP contribution in [0.3, 0.4) is 0 Å². The predicted molar refractivity (Wildman–Crippen MR) is 75.4 cm³/mol. The number of benzene rings is 1. The van der Waals surface area contributed by atoms with E-state index in [1.54, 1.807) is 7.11 Å². The first-order valence-corrected chi connectivity index (χ1v) is 6.82. The van der Waals surface area contributed by atoms with Gasteiger partial charge in [0.1, 0.15) is 5.75 Å². The molecule has 0 saturated carbocycles. The zero-order valence-electron chi connectivity index (χ0n) is 11.1. The third-order valence-electron chi connectivity index (χ3n) is 3.56. The van der Waals surface area contributed by atoms with Gasteiger partial charge in [-0.25, -0.2) is 0 Å². The molecule has 1 aromatic carbocycles. The molecule has 0 aromatic heterocycles. The van der Waals surface area contributed by atoms with Crippen molar-refractivity contribution in [1.29, 1.82) is 0 Å². The molecular weight excluding hydrogens is 248 g/mol. The maximum absolute atomic E-state index is 6.24. The number of rotatable bonds is 4. The quantitative estimate of drug-likeness (QED) is 0.908. The van der Waals surface area contributed by atoms with Crippen molar-refractivity contribution in [2.75, 3.05) is 27.2 Å². The van der Waals surface area contributed by atoms with Gasteiger partial charge in [0.2, 0.25) is 0 Å². The second-order valence-electron chi connectivity index (χ2n) is 4.82. The monoisotopic (exact) mass is 268 g/mol. The number of likely N-dealkylation sites (tertiary alicyclic amines) is 1. The van der Waals surface area contributed by atoms with Gasteiger partial charge in [0.15, 0.2) is 0 Å². The molecule has 1 N–H and O–H groups in total. The van der Waals surface area contributed by atoms with E-state index in [2.05, 4.69) is 10.2 Å². The molecule has 1 atom stereocenters. The summed E-state index contributed by atoms with van der Waals surface area (Å²) in [6.07, 6.45) is 2.51. The van der Waals surface area contributed by atoms with Gasteiger partial charge in [-0.3, -0.25) is 4.90 Å². The van der Waals surface area contributed by atoms with Gasteiger partial charge < -0.3 is 10.1 Å². The van der Waals surface area contributed by atoms with Gasteiger partial charge in [-0.15, -0.1) is 0 Å². The molecule has 1 heterocycles. The lowest BCUT2D eigenvalue weighted by Crippen LogP contribution is -2.43. The third-order valence-corrected chi connectivity index (χ3v) is 3.93. The van der Waals surface area contributed by atoms with Crippen LogP contribution in [-0.4, -0.2) is 38.2 Å². The van der Waals surface area contributed by atoms with Crippen LogP contribution in [0.25, 0.3) is 0 Å². The highest BCUT2D eigenvalue weighted by Gasteiger charge is 2.19. The molecule has 1 saturated heterocycles. The summed E-state index contributed by atoms with van der Waals surface area (Å²) in [5.41, 5.74) is 1.15. The highest BCUT2D eigenvalue weighted by Crippen LogP contribution is 2.24. The smallest absolute Gasteiger partial charge is 0.119 e. The lowest BCUT2D eigenvalue weighted by atomic mass is 10.0. The zero-order valence-corrected chi connectivity index (χ0v) is 11.8. The van der Waals surface area contributed by atoms with Crippen LogP contribution in [0.4, 0.5) is 0 Å². The van der Waals surface area contributed by atoms with Gasteiger partial charge in [0, 0.05) is 24.2 Å². The van der Waals surface area contributed by atoms with Gasteiger partial charge in [-0.2, -0.15) is 0 Å². The van der Waals surface area contributed by atoms with Crippen molar-refractivity contribution in [3.8, 4) is 5.75 Å². The van der Waals surface area contributed by atoms with E-state index in [4.69, 9.17) is 16.3 Å². The Labute approximate surface area is 114 Å². The first-order chi connectivity index (χ1) is 8.72. The van der Waals surface area contributed by atoms with E-state index in [1.807, 2.05) is 25.2 Å². The molecule has 0 spiro atoms. The van der Waals surface area contributed by atoms with Crippen molar-refractivity contribution in [1.82, 2.24) is 10.2 Å². The van der Waals surface area contributed by atoms with E-state index in [0.29, 0.717) is 6.04 Å². The fraction of sp³-hybridized carbons (Fsp3) is 0.571. The minimum atomic E-state index is 0.600. The van der Waals surface area contributed by atoms with Crippen LogP contribution in [-0.2, 0) is 6.54 Å². The van der Waals surface area contributed by atoms with E-state index < -0.39 is 0 Å². The van der Waals surface area contributed by atoms with E-state index in [-0.39, 0.29) is 0 Å². The van der Waals surface area contributed by atoms with E-state index in [9.17, 15) is 0 Å². The molecule has 1 aliphatic heterocycles. The number of likely N-dealkylation sites (N-methyl/N-ethyl adjacent to an activating group) is 1. The number of ether oxygens (including phenoxy) is 1. The fourth-order valence-corrected chi connectivity index (χ4v) is 2.65. The Morgan fingerprint density at radius 1 is 1.50 bits per heavy atom. The van der Waals surface area contributed by atoms with Gasteiger partial charge in [-0.1, -0.05) is 11.6 Å². The molecule has 0 amide bonds. The standard InChI is InChI=1S/C14H21ClN2O/c1-16-12-4-3-7-17(10-12)9-11-8-13(18-2)5-6-14(11)15/h5-6,8,12,16H,3-4,7,9-10H2,1-2H3. The van der Waals surface area contributed by atoms with Crippen molar-refractivity contribution in [2.24, 2.45) is 0 Å². The molecule has 1 fully saturated rings. The molecule has 1 aromatic rings. The molecule has 3 nitrogen and oxygen atoms in total. The summed E-state index contributed by atoms with van der Waals surface area (Å²) < 4.78 is 5.25. The highest BCUT2D eigenvalue weighted by atomic mass is 35.5.